The summed E-state index contributed by atoms with van der Waals surface area (Å²) in [6.45, 7) is 6.16. The minimum atomic E-state index is -3.91. The normalized spacial score (nSPS) is 11.0. The summed E-state index contributed by atoms with van der Waals surface area (Å²) in [6, 6.07) is 18.2. The minimum Gasteiger partial charge on any atom is -0.352 e. The molecular formula is C26H29N3O4S. The molecule has 0 bridgehead atoms. The fraction of sp³-hybridized carbons (Fsp3) is 0.231. The first-order valence-electron chi connectivity index (χ1n) is 11.1. The van der Waals surface area contributed by atoms with Crippen molar-refractivity contribution in [2.24, 2.45) is 0 Å². The third-order valence-electron chi connectivity index (χ3n) is 5.28. The summed E-state index contributed by atoms with van der Waals surface area (Å²) in [4.78, 5) is 25.5. The van der Waals surface area contributed by atoms with Crippen LogP contribution in [-0.2, 0) is 10.0 Å². The van der Waals surface area contributed by atoms with Gasteiger partial charge in [0.25, 0.3) is 21.8 Å². The molecule has 0 aliphatic heterocycles. The average Bonchev–Trinajstić information content (AvgIpc) is 2.81. The Morgan fingerprint density at radius 1 is 0.882 bits per heavy atom. The quantitative estimate of drug-likeness (QED) is 0.380. The zero-order valence-electron chi connectivity index (χ0n) is 19.5. The highest BCUT2D eigenvalue weighted by molar-refractivity contribution is 7.92. The highest BCUT2D eigenvalue weighted by Crippen LogP contribution is 2.23. The number of aryl methyl sites for hydroxylation is 2. The van der Waals surface area contributed by atoms with Gasteiger partial charge in [0.2, 0.25) is 0 Å². The topological polar surface area (TPSA) is 104 Å². The van der Waals surface area contributed by atoms with Crippen molar-refractivity contribution in [3.05, 3.63) is 89.0 Å². The number of carbonyl (C=O) groups is 2. The van der Waals surface area contributed by atoms with Gasteiger partial charge in [0.1, 0.15) is 0 Å². The Labute approximate surface area is 200 Å². The Morgan fingerprint density at radius 2 is 1.59 bits per heavy atom. The molecule has 0 heterocycles. The Morgan fingerprint density at radius 3 is 2.29 bits per heavy atom. The summed E-state index contributed by atoms with van der Waals surface area (Å²) >= 11 is 0. The predicted molar refractivity (Wildman–Crippen MR) is 135 cm³/mol. The van der Waals surface area contributed by atoms with Gasteiger partial charge in [-0.1, -0.05) is 49.2 Å². The Bertz CT molecular complexity index is 1290. The number of sulfonamides is 1. The van der Waals surface area contributed by atoms with Crippen molar-refractivity contribution in [3.8, 4) is 0 Å². The largest absolute Gasteiger partial charge is 0.352 e. The zero-order chi connectivity index (χ0) is 24.7. The Balaban J connectivity index is 1.83. The van der Waals surface area contributed by atoms with E-state index in [1.165, 1.54) is 6.07 Å². The van der Waals surface area contributed by atoms with Crippen LogP contribution in [0.2, 0.25) is 0 Å². The number of hydrogen-bond donors (Lipinski definition) is 3. The highest BCUT2D eigenvalue weighted by atomic mass is 32.2. The smallest absolute Gasteiger partial charge is 0.262 e. The second-order valence-corrected chi connectivity index (χ2v) is 9.71. The monoisotopic (exact) mass is 479 g/mol. The molecule has 0 unspecified atom stereocenters. The van der Waals surface area contributed by atoms with Gasteiger partial charge >= 0.3 is 0 Å². The van der Waals surface area contributed by atoms with Crippen LogP contribution in [0.5, 0.6) is 0 Å². The Kier molecular flexibility index (Phi) is 8.07. The van der Waals surface area contributed by atoms with Gasteiger partial charge in [-0.15, -0.1) is 0 Å². The van der Waals surface area contributed by atoms with E-state index in [4.69, 9.17) is 0 Å². The molecule has 0 spiro atoms. The average molecular weight is 480 g/mol. The molecule has 8 heteroatoms. The van der Waals surface area contributed by atoms with Crippen molar-refractivity contribution in [1.29, 1.82) is 0 Å². The molecule has 2 amide bonds. The van der Waals surface area contributed by atoms with Crippen LogP contribution in [0.4, 0.5) is 11.4 Å². The van der Waals surface area contributed by atoms with Gasteiger partial charge in [-0.3, -0.25) is 14.3 Å². The van der Waals surface area contributed by atoms with Crippen LogP contribution < -0.4 is 15.4 Å². The van der Waals surface area contributed by atoms with Crippen LogP contribution >= 0.6 is 0 Å². The second-order valence-electron chi connectivity index (χ2n) is 8.06. The summed E-state index contributed by atoms with van der Waals surface area (Å²) < 4.78 is 28.6. The first kappa shape index (κ1) is 25.0. The van der Waals surface area contributed by atoms with E-state index in [0.717, 1.165) is 18.4 Å². The number of hydrogen-bond acceptors (Lipinski definition) is 4. The van der Waals surface area contributed by atoms with Crippen molar-refractivity contribution in [3.63, 3.8) is 0 Å². The fourth-order valence-corrected chi connectivity index (χ4v) is 4.65. The van der Waals surface area contributed by atoms with E-state index < -0.39 is 15.9 Å². The summed E-state index contributed by atoms with van der Waals surface area (Å²) in [5, 5.41) is 5.58. The van der Waals surface area contributed by atoms with Gasteiger partial charge < -0.3 is 10.6 Å². The van der Waals surface area contributed by atoms with Crippen molar-refractivity contribution >= 4 is 33.2 Å². The third-order valence-corrected chi connectivity index (χ3v) is 6.80. The molecule has 7 nitrogen and oxygen atoms in total. The predicted octanol–water partition coefficient (Wildman–Crippen LogP) is 4.89. The lowest BCUT2D eigenvalue weighted by Gasteiger charge is -2.14. The van der Waals surface area contributed by atoms with E-state index in [2.05, 4.69) is 15.4 Å². The van der Waals surface area contributed by atoms with Gasteiger partial charge in [0, 0.05) is 17.8 Å². The Hall–Kier alpha value is -3.65. The molecule has 3 rings (SSSR count). The molecule has 0 saturated carbocycles. The van der Waals surface area contributed by atoms with E-state index in [9.17, 15) is 18.0 Å². The number of rotatable bonds is 9. The second kappa shape index (κ2) is 11.0. The van der Waals surface area contributed by atoms with Crippen molar-refractivity contribution in [2.45, 2.75) is 38.5 Å². The number of unbranched alkanes of at least 4 members (excludes halogenated alkanes) is 1. The number of para-hydroxylation sites is 1. The van der Waals surface area contributed by atoms with E-state index in [1.807, 2.05) is 26.0 Å². The van der Waals surface area contributed by atoms with E-state index in [0.29, 0.717) is 29.0 Å². The maximum atomic E-state index is 13.0. The summed E-state index contributed by atoms with van der Waals surface area (Å²) in [6.07, 6.45) is 1.81. The molecule has 3 aromatic rings. The molecule has 3 aromatic carbocycles. The van der Waals surface area contributed by atoms with Crippen LogP contribution in [0.3, 0.4) is 0 Å². The molecule has 178 valence electrons. The highest BCUT2D eigenvalue weighted by Gasteiger charge is 2.20. The number of anilines is 2. The lowest BCUT2D eigenvalue weighted by atomic mass is 10.1. The summed E-state index contributed by atoms with van der Waals surface area (Å²) in [5.74, 6) is -0.792. The van der Waals surface area contributed by atoms with Crippen molar-refractivity contribution < 1.29 is 18.0 Å². The number of amides is 2. The molecule has 0 radical (unpaired) electrons. The van der Waals surface area contributed by atoms with Crippen LogP contribution in [-0.4, -0.2) is 26.8 Å². The number of nitrogens with one attached hydrogen (secondary N) is 3. The lowest BCUT2D eigenvalue weighted by Crippen LogP contribution is -2.26. The van der Waals surface area contributed by atoms with Crippen LogP contribution in [0, 0.1) is 13.8 Å². The zero-order valence-corrected chi connectivity index (χ0v) is 20.3. The molecule has 0 saturated heterocycles. The first-order valence-corrected chi connectivity index (χ1v) is 12.6. The molecule has 0 aliphatic carbocycles. The van der Waals surface area contributed by atoms with Crippen LogP contribution in [0.25, 0.3) is 0 Å². The van der Waals surface area contributed by atoms with E-state index >= 15 is 0 Å². The molecule has 34 heavy (non-hydrogen) atoms. The van der Waals surface area contributed by atoms with Gasteiger partial charge in [-0.2, -0.15) is 0 Å². The lowest BCUT2D eigenvalue weighted by molar-refractivity contribution is 0.0954. The van der Waals surface area contributed by atoms with Crippen LogP contribution in [0.15, 0.2) is 71.6 Å². The van der Waals surface area contributed by atoms with Gasteiger partial charge in [-0.05, 0) is 62.2 Å². The van der Waals surface area contributed by atoms with Gasteiger partial charge in [0.05, 0.1) is 16.1 Å². The number of benzene rings is 3. The van der Waals surface area contributed by atoms with E-state index in [-0.39, 0.29) is 16.4 Å². The standard InChI is InChI=1S/C26H29N3O4S/c1-4-5-16-27-26(31)22-8-6-7-9-23(22)28-25(30)20-13-12-19(3)24(17-20)34(32,33)29-21-14-10-18(2)11-15-21/h6-15,17,29H,4-5,16H2,1-3H3,(H,27,31)(H,28,30). The van der Waals surface area contributed by atoms with Crippen LogP contribution in [0.1, 0.15) is 51.6 Å². The minimum absolute atomic E-state index is 0.00585. The van der Waals surface area contributed by atoms with Gasteiger partial charge in [-0.25, -0.2) is 8.42 Å². The molecule has 3 N–H and O–H groups in total. The summed E-state index contributed by atoms with van der Waals surface area (Å²) in [7, 11) is -3.91. The molecular weight excluding hydrogens is 450 g/mol. The van der Waals surface area contributed by atoms with Crippen molar-refractivity contribution in [2.75, 3.05) is 16.6 Å². The summed E-state index contributed by atoms with van der Waals surface area (Å²) in [5.41, 5.74) is 2.81. The molecule has 0 fully saturated rings. The maximum Gasteiger partial charge on any atom is 0.262 e. The number of carbonyl (C=O) groups excluding carboxylic acids is 2. The first-order chi connectivity index (χ1) is 16.2. The molecule has 0 aliphatic rings. The SMILES string of the molecule is CCCCNC(=O)c1ccccc1NC(=O)c1ccc(C)c(S(=O)(=O)Nc2ccc(C)cc2)c1. The molecule has 0 atom stereocenters. The molecule has 0 aromatic heterocycles. The fourth-order valence-electron chi connectivity index (χ4n) is 3.32. The van der Waals surface area contributed by atoms with E-state index in [1.54, 1.807) is 55.5 Å². The van der Waals surface area contributed by atoms with Crippen molar-refractivity contribution in [1.82, 2.24) is 5.32 Å². The third kappa shape index (κ3) is 6.23. The van der Waals surface area contributed by atoms with Gasteiger partial charge in [0.15, 0.2) is 0 Å². The maximum absolute atomic E-state index is 13.0.